The number of nitrogens with two attached hydrogens (primary N) is 1. The highest BCUT2D eigenvalue weighted by molar-refractivity contribution is 5.94. The lowest BCUT2D eigenvalue weighted by Crippen LogP contribution is -2.32. The Labute approximate surface area is 121 Å². The Morgan fingerprint density at radius 2 is 1.79 bits per heavy atom. The van der Waals surface area contributed by atoms with Gasteiger partial charge < -0.3 is 10.6 Å². The summed E-state index contributed by atoms with van der Waals surface area (Å²) in [5, 5.41) is 0. The molecule has 0 bridgehead atoms. The van der Waals surface area contributed by atoms with Crippen LogP contribution < -0.4 is 5.73 Å². The summed E-state index contributed by atoms with van der Waals surface area (Å²) in [4.78, 5) is 14.1. The van der Waals surface area contributed by atoms with E-state index >= 15 is 0 Å². The molecule has 1 aliphatic rings. The number of nitrogens with zero attached hydrogens (tertiary/aromatic N) is 1. The largest absolute Gasteiger partial charge is 0.399 e. The average molecular weight is 283 g/mol. The summed E-state index contributed by atoms with van der Waals surface area (Å²) in [5.74, 6) is 0.780. The zero-order valence-electron chi connectivity index (χ0n) is 11.5. The van der Waals surface area contributed by atoms with Gasteiger partial charge in [-0.3, -0.25) is 4.79 Å². The van der Waals surface area contributed by atoms with Gasteiger partial charge in [-0.1, -0.05) is 19.3 Å². The van der Waals surface area contributed by atoms with Crippen LogP contribution in [0.25, 0.3) is 0 Å². The summed E-state index contributed by atoms with van der Waals surface area (Å²) in [6.45, 7) is 0.878. The molecule has 3 nitrogen and oxygen atoms in total. The SMILES string of the molecule is CN(CC1CCCCC1)C(=O)c1ccc(N)cc1.Cl. The summed E-state index contributed by atoms with van der Waals surface area (Å²) in [6.07, 6.45) is 6.51. The zero-order chi connectivity index (χ0) is 13.0. The summed E-state index contributed by atoms with van der Waals surface area (Å²) in [7, 11) is 1.90. The van der Waals surface area contributed by atoms with Crippen molar-refractivity contribution in [3.05, 3.63) is 29.8 Å². The van der Waals surface area contributed by atoms with E-state index in [1.807, 2.05) is 11.9 Å². The molecular formula is C15H23ClN2O. The van der Waals surface area contributed by atoms with Gasteiger partial charge in [0.1, 0.15) is 0 Å². The van der Waals surface area contributed by atoms with Crippen LogP contribution in [0.3, 0.4) is 0 Å². The van der Waals surface area contributed by atoms with Crippen LogP contribution >= 0.6 is 12.4 Å². The van der Waals surface area contributed by atoms with Crippen LogP contribution in [0, 0.1) is 5.92 Å². The molecule has 0 atom stereocenters. The van der Waals surface area contributed by atoms with Gasteiger partial charge in [-0.15, -0.1) is 12.4 Å². The fraction of sp³-hybridized carbons (Fsp3) is 0.533. The first-order valence-electron chi connectivity index (χ1n) is 6.78. The lowest BCUT2D eigenvalue weighted by molar-refractivity contribution is 0.0760. The van der Waals surface area contributed by atoms with Gasteiger partial charge in [-0.05, 0) is 43.0 Å². The molecule has 1 aromatic rings. The number of rotatable bonds is 3. The average Bonchev–Trinajstić information content (AvgIpc) is 2.40. The van der Waals surface area contributed by atoms with E-state index in [9.17, 15) is 4.79 Å². The van der Waals surface area contributed by atoms with E-state index in [2.05, 4.69) is 0 Å². The minimum atomic E-state index is 0. The second-order valence-corrected chi connectivity index (χ2v) is 5.31. The zero-order valence-corrected chi connectivity index (χ0v) is 12.3. The molecule has 0 aromatic heterocycles. The Morgan fingerprint density at radius 3 is 2.37 bits per heavy atom. The van der Waals surface area contributed by atoms with Crippen molar-refractivity contribution in [2.75, 3.05) is 19.3 Å². The van der Waals surface area contributed by atoms with Crippen molar-refractivity contribution in [2.45, 2.75) is 32.1 Å². The summed E-state index contributed by atoms with van der Waals surface area (Å²) in [5.41, 5.74) is 7.05. The van der Waals surface area contributed by atoms with Crippen LogP contribution in [-0.4, -0.2) is 24.4 Å². The van der Waals surface area contributed by atoms with E-state index in [1.54, 1.807) is 24.3 Å². The van der Waals surface area contributed by atoms with Crippen LogP contribution in [0.1, 0.15) is 42.5 Å². The molecule has 0 heterocycles. The van der Waals surface area contributed by atoms with Gasteiger partial charge in [0.05, 0.1) is 0 Å². The molecule has 2 rings (SSSR count). The second-order valence-electron chi connectivity index (χ2n) is 5.31. The predicted octanol–water partition coefficient (Wildman–Crippen LogP) is 3.34. The van der Waals surface area contributed by atoms with Gasteiger partial charge in [0.25, 0.3) is 5.91 Å². The third kappa shape index (κ3) is 4.43. The van der Waals surface area contributed by atoms with Gasteiger partial charge in [0.15, 0.2) is 0 Å². The monoisotopic (exact) mass is 282 g/mol. The molecule has 0 unspecified atom stereocenters. The number of carbonyl (C=O) groups is 1. The normalized spacial score (nSPS) is 15.6. The van der Waals surface area contributed by atoms with Gasteiger partial charge >= 0.3 is 0 Å². The Morgan fingerprint density at radius 1 is 1.21 bits per heavy atom. The van der Waals surface area contributed by atoms with Gasteiger partial charge in [0.2, 0.25) is 0 Å². The van der Waals surface area contributed by atoms with Crippen molar-refractivity contribution in [1.82, 2.24) is 4.90 Å². The maximum Gasteiger partial charge on any atom is 0.253 e. The maximum atomic E-state index is 12.2. The van der Waals surface area contributed by atoms with Crippen molar-refractivity contribution in [3.8, 4) is 0 Å². The van der Waals surface area contributed by atoms with Crippen molar-refractivity contribution in [2.24, 2.45) is 5.92 Å². The molecule has 1 fully saturated rings. The van der Waals surface area contributed by atoms with Crippen LogP contribution in [0.2, 0.25) is 0 Å². The number of hydrogen-bond acceptors (Lipinski definition) is 2. The second kappa shape index (κ2) is 7.39. The summed E-state index contributed by atoms with van der Waals surface area (Å²) in [6, 6.07) is 7.16. The lowest BCUT2D eigenvalue weighted by Gasteiger charge is -2.27. The topological polar surface area (TPSA) is 46.3 Å². The first kappa shape index (κ1) is 15.8. The molecule has 4 heteroatoms. The molecule has 1 saturated carbocycles. The molecule has 1 aromatic carbocycles. The Kier molecular flexibility index (Phi) is 6.16. The van der Waals surface area contributed by atoms with E-state index < -0.39 is 0 Å². The third-order valence-electron chi connectivity index (χ3n) is 3.76. The smallest absolute Gasteiger partial charge is 0.253 e. The van der Waals surface area contributed by atoms with Gasteiger partial charge in [-0.25, -0.2) is 0 Å². The summed E-state index contributed by atoms with van der Waals surface area (Å²) >= 11 is 0. The minimum absolute atomic E-state index is 0. The Hall–Kier alpha value is -1.22. The number of hydrogen-bond donors (Lipinski definition) is 1. The van der Waals surface area contributed by atoms with Crippen molar-refractivity contribution >= 4 is 24.0 Å². The van der Waals surface area contributed by atoms with E-state index in [0.29, 0.717) is 11.6 Å². The molecule has 1 aliphatic carbocycles. The van der Waals surface area contributed by atoms with Gasteiger partial charge in [0, 0.05) is 24.8 Å². The molecule has 0 spiro atoms. The fourth-order valence-corrected chi connectivity index (χ4v) is 2.69. The third-order valence-corrected chi connectivity index (χ3v) is 3.76. The first-order valence-corrected chi connectivity index (χ1v) is 6.78. The highest BCUT2D eigenvalue weighted by Gasteiger charge is 2.18. The molecule has 2 N–H and O–H groups in total. The Bertz CT molecular complexity index is 399. The molecule has 0 saturated heterocycles. The predicted molar refractivity (Wildman–Crippen MR) is 81.6 cm³/mol. The number of halogens is 1. The van der Waals surface area contributed by atoms with E-state index in [4.69, 9.17) is 5.73 Å². The summed E-state index contributed by atoms with van der Waals surface area (Å²) < 4.78 is 0. The number of carbonyl (C=O) groups excluding carboxylic acids is 1. The Balaban J connectivity index is 0.00000180. The van der Waals surface area contributed by atoms with E-state index in [1.165, 1.54) is 32.1 Å². The van der Waals surface area contributed by atoms with Crippen LogP contribution in [0.5, 0.6) is 0 Å². The van der Waals surface area contributed by atoms with Crippen molar-refractivity contribution < 1.29 is 4.79 Å². The van der Waals surface area contributed by atoms with Crippen molar-refractivity contribution in [3.63, 3.8) is 0 Å². The lowest BCUT2D eigenvalue weighted by atomic mass is 9.89. The number of nitrogen functional groups attached to an aromatic ring is 1. The molecule has 19 heavy (non-hydrogen) atoms. The van der Waals surface area contributed by atoms with Crippen LogP contribution in [0.4, 0.5) is 5.69 Å². The van der Waals surface area contributed by atoms with Crippen molar-refractivity contribution in [1.29, 1.82) is 0 Å². The maximum absolute atomic E-state index is 12.2. The standard InChI is InChI=1S/C15H22N2O.ClH/c1-17(11-12-5-3-2-4-6-12)15(18)13-7-9-14(16)10-8-13;/h7-10,12H,2-6,11,16H2,1H3;1H. The highest BCUT2D eigenvalue weighted by Crippen LogP contribution is 2.24. The number of benzene rings is 1. The minimum Gasteiger partial charge on any atom is -0.399 e. The molecule has 106 valence electrons. The molecular weight excluding hydrogens is 260 g/mol. The van der Waals surface area contributed by atoms with E-state index in [0.717, 1.165) is 12.1 Å². The number of amides is 1. The molecule has 1 amide bonds. The first-order chi connectivity index (χ1) is 8.66. The van der Waals surface area contributed by atoms with Crippen LogP contribution in [0.15, 0.2) is 24.3 Å². The quantitative estimate of drug-likeness (QED) is 0.864. The van der Waals surface area contributed by atoms with Gasteiger partial charge in [-0.2, -0.15) is 0 Å². The number of anilines is 1. The molecule has 0 radical (unpaired) electrons. The van der Waals surface area contributed by atoms with Crippen LogP contribution in [-0.2, 0) is 0 Å². The van der Waals surface area contributed by atoms with E-state index in [-0.39, 0.29) is 18.3 Å². The highest BCUT2D eigenvalue weighted by atomic mass is 35.5. The molecule has 0 aliphatic heterocycles. The fourth-order valence-electron chi connectivity index (χ4n) is 2.69.